The highest BCUT2D eigenvalue weighted by Crippen LogP contribution is 2.12. The molecule has 0 aliphatic carbocycles. The second-order valence-electron chi connectivity index (χ2n) is 5.41. The zero-order valence-electron chi connectivity index (χ0n) is 13.5. The summed E-state index contributed by atoms with van der Waals surface area (Å²) < 4.78 is 4.15. The molecule has 0 bridgehead atoms. The quantitative estimate of drug-likeness (QED) is 0.711. The second-order valence-corrected chi connectivity index (χ2v) is 5.41. The first kappa shape index (κ1) is 15.9. The van der Waals surface area contributed by atoms with E-state index in [0.717, 1.165) is 29.2 Å². The van der Waals surface area contributed by atoms with Crippen molar-refractivity contribution in [3.63, 3.8) is 0 Å². The SMILES string of the molecule is C=Cc1cccc(/C=C/c2ccc(-n3ccnc3)cc2)[n+]1CCN. The van der Waals surface area contributed by atoms with Crippen LogP contribution in [0.25, 0.3) is 23.9 Å². The van der Waals surface area contributed by atoms with E-state index in [-0.39, 0.29) is 0 Å². The number of rotatable bonds is 6. The summed E-state index contributed by atoms with van der Waals surface area (Å²) in [4.78, 5) is 4.07. The number of pyridine rings is 1. The van der Waals surface area contributed by atoms with E-state index in [2.05, 4.69) is 58.6 Å². The summed E-state index contributed by atoms with van der Waals surface area (Å²) in [6.07, 6.45) is 11.6. The molecule has 0 aliphatic rings. The van der Waals surface area contributed by atoms with Crippen LogP contribution in [0.5, 0.6) is 0 Å². The van der Waals surface area contributed by atoms with Crippen molar-refractivity contribution in [2.75, 3.05) is 6.54 Å². The Morgan fingerprint density at radius 2 is 1.88 bits per heavy atom. The van der Waals surface area contributed by atoms with E-state index in [0.29, 0.717) is 6.54 Å². The van der Waals surface area contributed by atoms with Gasteiger partial charge in [-0.05, 0) is 29.8 Å². The van der Waals surface area contributed by atoms with Crippen LogP contribution in [0.15, 0.2) is 67.8 Å². The number of nitrogens with two attached hydrogens (primary N) is 1. The summed E-state index contributed by atoms with van der Waals surface area (Å²) in [5.41, 5.74) is 10.1. The minimum atomic E-state index is 0.593. The second kappa shape index (κ2) is 7.53. The smallest absolute Gasteiger partial charge is 0.205 e. The maximum Gasteiger partial charge on any atom is 0.205 e. The Kier molecular flexibility index (Phi) is 4.99. The van der Waals surface area contributed by atoms with Gasteiger partial charge < -0.3 is 10.3 Å². The topological polar surface area (TPSA) is 47.7 Å². The van der Waals surface area contributed by atoms with E-state index in [1.807, 2.05) is 29.0 Å². The van der Waals surface area contributed by atoms with Crippen LogP contribution < -0.4 is 10.3 Å². The van der Waals surface area contributed by atoms with Gasteiger partial charge in [0.2, 0.25) is 11.4 Å². The van der Waals surface area contributed by atoms with Gasteiger partial charge in [-0.3, -0.25) is 0 Å². The molecule has 24 heavy (non-hydrogen) atoms. The largest absolute Gasteiger partial charge is 0.325 e. The Bertz CT molecular complexity index is 831. The van der Waals surface area contributed by atoms with Crippen LogP contribution in [-0.2, 0) is 6.54 Å². The van der Waals surface area contributed by atoms with Crippen LogP contribution in [-0.4, -0.2) is 16.1 Å². The van der Waals surface area contributed by atoms with Gasteiger partial charge in [-0.15, -0.1) is 0 Å². The van der Waals surface area contributed by atoms with Crippen molar-refractivity contribution in [2.24, 2.45) is 5.73 Å². The van der Waals surface area contributed by atoms with Crippen molar-refractivity contribution in [1.29, 1.82) is 0 Å². The Labute approximate surface area is 142 Å². The predicted molar refractivity (Wildman–Crippen MR) is 98.3 cm³/mol. The molecule has 0 fully saturated rings. The first-order chi connectivity index (χ1) is 11.8. The molecule has 0 amide bonds. The summed E-state index contributed by atoms with van der Waals surface area (Å²) in [6.45, 7) is 5.23. The lowest BCUT2D eigenvalue weighted by molar-refractivity contribution is -0.697. The molecule has 3 aromatic rings. The van der Waals surface area contributed by atoms with Gasteiger partial charge in [0.25, 0.3) is 0 Å². The van der Waals surface area contributed by atoms with E-state index in [4.69, 9.17) is 5.73 Å². The highest BCUT2D eigenvalue weighted by atomic mass is 15.0. The average Bonchev–Trinajstić information content (AvgIpc) is 3.16. The summed E-state index contributed by atoms with van der Waals surface area (Å²) >= 11 is 0. The van der Waals surface area contributed by atoms with Crippen LogP contribution >= 0.6 is 0 Å². The van der Waals surface area contributed by atoms with Gasteiger partial charge in [0, 0.05) is 42.4 Å². The van der Waals surface area contributed by atoms with Gasteiger partial charge in [0.05, 0.1) is 12.9 Å². The lowest BCUT2D eigenvalue weighted by Crippen LogP contribution is -2.43. The van der Waals surface area contributed by atoms with Crippen LogP contribution in [0.4, 0.5) is 0 Å². The van der Waals surface area contributed by atoms with Crippen LogP contribution in [0.3, 0.4) is 0 Å². The van der Waals surface area contributed by atoms with Gasteiger partial charge >= 0.3 is 0 Å². The fraction of sp³-hybridized carbons (Fsp3) is 0.100. The Morgan fingerprint density at radius 3 is 2.54 bits per heavy atom. The molecule has 0 radical (unpaired) electrons. The van der Waals surface area contributed by atoms with Gasteiger partial charge in [-0.2, -0.15) is 4.57 Å². The highest BCUT2D eigenvalue weighted by molar-refractivity contribution is 5.67. The van der Waals surface area contributed by atoms with E-state index in [1.165, 1.54) is 0 Å². The van der Waals surface area contributed by atoms with Crippen molar-refractivity contribution in [3.05, 3.63) is 84.7 Å². The molecule has 3 rings (SSSR count). The first-order valence-electron chi connectivity index (χ1n) is 7.93. The van der Waals surface area contributed by atoms with Crippen molar-refractivity contribution < 1.29 is 4.57 Å². The highest BCUT2D eigenvalue weighted by Gasteiger charge is 2.10. The molecule has 120 valence electrons. The molecule has 0 saturated carbocycles. The maximum absolute atomic E-state index is 5.74. The van der Waals surface area contributed by atoms with Crippen LogP contribution in [0.2, 0.25) is 0 Å². The minimum absolute atomic E-state index is 0.593. The minimum Gasteiger partial charge on any atom is -0.325 e. The maximum atomic E-state index is 5.74. The lowest BCUT2D eigenvalue weighted by Gasteiger charge is -2.04. The molecular weight excluding hydrogens is 296 g/mol. The number of hydrogen-bond acceptors (Lipinski definition) is 2. The standard InChI is InChI=1S/C20H21N4/c1-2-18-4-3-5-20(24(18)14-12-21)11-8-17-6-9-19(10-7-17)23-15-13-22-16-23/h2-11,13,15-16H,1,12,14,21H2/q+1. The monoisotopic (exact) mass is 317 g/mol. The fourth-order valence-corrected chi connectivity index (χ4v) is 2.64. The molecule has 0 saturated heterocycles. The van der Waals surface area contributed by atoms with Gasteiger partial charge in [-0.25, -0.2) is 4.98 Å². The van der Waals surface area contributed by atoms with Crippen molar-refractivity contribution in [3.8, 4) is 5.69 Å². The Hall–Kier alpha value is -2.98. The van der Waals surface area contributed by atoms with E-state index >= 15 is 0 Å². The molecule has 0 aliphatic heterocycles. The van der Waals surface area contributed by atoms with Crippen LogP contribution in [0.1, 0.15) is 17.0 Å². The zero-order valence-corrected chi connectivity index (χ0v) is 13.5. The molecule has 0 atom stereocenters. The number of benzene rings is 1. The number of imidazole rings is 1. The number of aromatic nitrogens is 3. The van der Waals surface area contributed by atoms with Gasteiger partial charge in [0.15, 0.2) is 6.54 Å². The molecule has 4 heteroatoms. The van der Waals surface area contributed by atoms with E-state index in [1.54, 1.807) is 12.5 Å². The number of hydrogen-bond donors (Lipinski definition) is 1. The molecule has 0 spiro atoms. The average molecular weight is 317 g/mol. The summed E-state index contributed by atoms with van der Waals surface area (Å²) in [6, 6.07) is 14.5. The molecule has 2 aromatic heterocycles. The molecule has 4 nitrogen and oxygen atoms in total. The van der Waals surface area contributed by atoms with Gasteiger partial charge in [0.1, 0.15) is 0 Å². The third-order valence-electron chi connectivity index (χ3n) is 3.86. The van der Waals surface area contributed by atoms with Crippen molar-refractivity contribution in [1.82, 2.24) is 9.55 Å². The Morgan fingerprint density at radius 1 is 1.08 bits per heavy atom. The molecule has 0 unspecified atom stereocenters. The molecule has 1 aromatic carbocycles. The predicted octanol–water partition coefficient (Wildman–Crippen LogP) is 2.93. The third-order valence-corrected chi connectivity index (χ3v) is 3.86. The summed E-state index contributed by atoms with van der Waals surface area (Å²) in [7, 11) is 0. The van der Waals surface area contributed by atoms with Gasteiger partial charge in [-0.1, -0.05) is 18.7 Å². The van der Waals surface area contributed by atoms with Crippen LogP contribution in [0, 0.1) is 0 Å². The summed E-state index contributed by atoms with van der Waals surface area (Å²) in [5, 5.41) is 0. The van der Waals surface area contributed by atoms with Crippen molar-refractivity contribution >= 4 is 18.2 Å². The lowest BCUT2D eigenvalue weighted by atomic mass is 10.1. The molecule has 2 N–H and O–H groups in total. The normalized spacial score (nSPS) is 11.0. The molecular formula is C20H21N4+. The first-order valence-corrected chi connectivity index (χ1v) is 7.93. The molecule has 2 heterocycles. The zero-order chi connectivity index (χ0) is 16.8. The fourth-order valence-electron chi connectivity index (χ4n) is 2.64. The van der Waals surface area contributed by atoms with E-state index < -0.39 is 0 Å². The third kappa shape index (κ3) is 3.50. The summed E-state index contributed by atoms with van der Waals surface area (Å²) in [5.74, 6) is 0. The Balaban J connectivity index is 1.84. The van der Waals surface area contributed by atoms with Crippen molar-refractivity contribution in [2.45, 2.75) is 6.54 Å². The van der Waals surface area contributed by atoms with E-state index in [9.17, 15) is 0 Å². The number of nitrogens with zero attached hydrogens (tertiary/aromatic N) is 3.